The second kappa shape index (κ2) is 9.37. The van der Waals surface area contributed by atoms with Crippen molar-refractivity contribution in [2.75, 3.05) is 33.3 Å². The molecule has 0 saturated carbocycles. The molecule has 0 bridgehead atoms. The molecule has 0 atom stereocenters. The number of hydrogen-bond donors (Lipinski definition) is 1. The summed E-state index contributed by atoms with van der Waals surface area (Å²) in [7, 11) is 1.96. The van der Waals surface area contributed by atoms with Crippen molar-refractivity contribution in [3.05, 3.63) is 29.8 Å². The summed E-state index contributed by atoms with van der Waals surface area (Å²) in [5.41, 5.74) is 1.15. The van der Waals surface area contributed by atoms with Crippen LogP contribution in [0.2, 0.25) is 0 Å². The van der Waals surface area contributed by atoms with Crippen LogP contribution in [0.25, 0.3) is 0 Å². The Morgan fingerprint density at radius 3 is 2.80 bits per heavy atom. The fourth-order valence-electron chi connectivity index (χ4n) is 1.88. The quantitative estimate of drug-likeness (QED) is 0.704. The number of rotatable bonds is 9. The average molecular weight is 278 g/mol. The molecule has 20 heavy (non-hydrogen) atoms. The molecule has 0 unspecified atom stereocenters. The Bertz CT molecular complexity index is 407. The molecular formula is C16H26N2O2. The summed E-state index contributed by atoms with van der Waals surface area (Å²) in [4.78, 5) is 13.5. The van der Waals surface area contributed by atoms with Crippen molar-refractivity contribution >= 4 is 5.91 Å². The van der Waals surface area contributed by atoms with Crippen LogP contribution < -0.4 is 10.1 Å². The topological polar surface area (TPSA) is 41.6 Å². The fraction of sp³-hybridized carbons (Fsp3) is 0.562. The first-order valence-electron chi connectivity index (χ1n) is 7.27. The number of carbonyl (C=O) groups excluding carboxylic acids is 1. The Kier molecular flexibility index (Phi) is 7.73. The van der Waals surface area contributed by atoms with Crippen molar-refractivity contribution in [3.63, 3.8) is 0 Å². The van der Waals surface area contributed by atoms with Gasteiger partial charge >= 0.3 is 0 Å². The third-order valence-corrected chi connectivity index (χ3v) is 3.02. The molecule has 4 nitrogen and oxygen atoms in total. The number of likely N-dealkylation sites (N-methyl/N-ethyl adjacent to an activating group) is 1. The molecule has 4 heteroatoms. The molecule has 1 aromatic carbocycles. The zero-order valence-corrected chi connectivity index (χ0v) is 12.8. The lowest BCUT2D eigenvalue weighted by molar-refractivity contribution is -0.121. The van der Waals surface area contributed by atoms with Gasteiger partial charge in [-0.25, -0.2) is 0 Å². The summed E-state index contributed by atoms with van der Waals surface area (Å²) in [6.07, 6.45) is 1.88. The minimum absolute atomic E-state index is 0.0918. The lowest BCUT2D eigenvalue weighted by Crippen LogP contribution is -2.36. The molecular weight excluding hydrogens is 252 g/mol. The standard InChI is InChI=1S/C16H26N2O2/c1-4-10-17-16(19)13-18(3)11-7-12-20-15-9-6-5-8-14(15)2/h5-6,8-9H,4,7,10-13H2,1-3H3,(H,17,19). The molecule has 0 aromatic heterocycles. The van der Waals surface area contributed by atoms with Crippen LogP contribution in [0, 0.1) is 6.92 Å². The molecule has 0 aliphatic rings. The summed E-state index contributed by atoms with van der Waals surface area (Å²) in [5.74, 6) is 1.03. The van der Waals surface area contributed by atoms with Gasteiger partial charge in [-0.3, -0.25) is 9.69 Å². The van der Waals surface area contributed by atoms with E-state index < -0.39 is 0 Å². The van der Waals surface area contributed by atoms with Crippen molar-refractivity contribution in [1.29, 1.82) is 0 Å². The molecule has 0 aliphatic carbocycles. The van der Waals surface area contributed by atoms with Crippen molar-refractivity contribution < 1.29 is 9.53 Å². The van der Waals surface area contributed by atoms with E-state index in [2.05, 4.69) is 5.32 Å². The van der Waals surface area contributed by atoms with Gasteiger partial charge in [-0.15, -0.1) is 0 Å². The highest BCUT2D eigenvalue weighted by molar-refractivity contribution is 5.77. The van der Waals surface area contributed by atoms with Crippen LogP contribution in [-0.2, 0) is 4.79 Å². The molecule has 0 aliphatic heterocycles. The van der Waals surface area contributed by atoms with Crippen LogP contribution in [0.1, 0.15) is 25.3 Å². The normalized spacial score (nSPS) is 10.6. The maximum atomic E-state index is 11.5. The summed E-state index contributed by atoms with van der Waals surface area (Å²) in [5, 5.41) is 2.88. The number of ether oxygens (including phenoxy) is 1. The van der Waals surface area contributed by atoms with Crippen LogP contribution in [0.15, 0.2) is 24.3 Å². The molecule has 1 aromatic rings. The minimum Gasteiger partial charge on any atom is -0.493 e. The largest absolute Gasteiger partial charge is 0.493 e. The van der Waals surface area contributed by atoms with E-state index in [1.807, 2.05) is 50.1 Å². The molecule has 0 radical (unpaired) electrons. The highest BCUT2D eigenvalue weighted by atomic mass is 16.5. The Morgan fingerprint density at radius 1 is 1.35 bits per heavy atom. The number of benzene rings is 1. The van der Waals surface area contributed by atoms with Gasteiger partial charge in [0.05, 0.1) is 13.2 Å². The van der Waals surface area contributed by atoms with Crippen LogP contribution in [0.4, 0.5) is 0 Å². The first kappa shape index (κ1) is 16.5. The second-order valence-electron chi connectivity index (χ2n) is 5.06. The molecule has 0 spiro atoms. The second-order valence-corrected chi connectivity index (χ2v) is 5.06. The first-order valence-corrected chi connectivity index (χ1v) is 7.27. The predicted octanol–water partition coefficient (Wildman–Crippen LogP) is 2.22. The molecule has 112 valence electrons. The van der Waals surface area contributed by atoms with Crippen molar-refractivity contribution in [3.8, 4) is 5.75 Å². The van der Waals surface area contributed by atoms with Crippen LogP contribution in [0.3, 0.4) is 0 Å². The fourth-order valence-corrected chi connectivity index (χ4v) is 1.88. The molecule has 1 amide bonds. The number of para-hydroxylation sites is 1. The van der Waals surface area contributed by atoms with Gasteiger partial charge in [0.1, 0.15) is 5.75 Å². The maximum absolute atomic E-state index is 11.5. The SMILES string of the molecule is CCCNC(=O)CN(C)CCCOc1ccccc1C. The molecule has 0 saturated heterocycles. The van der Waals surface area contributed by atoms with Crippen LogP contribution >= 0.6 is 0 Å². The van der Waals surface area contributed by atoms with E-state index in [4.69, 9.17) is 4.74 Å². The van der Waals surface area contributed by atoms with Gasteiger partial charge in [-0.05, 0) is 38.4 Å². The van der Waals surface area contributed by atoms with Gasteiger partial charge in [0.15, 0.2) is 0 Å². The zero-order chi connectivity index (χ0) is 14.8. The van der Waals surface area contributed by atoms with Gasteiger partial charge in [0.25, 0.3) is 0 Å². The van der Waals surface area contributed by atoms with E-state index in [1.54, 1.807) is 0 Å². The zero-order valence-electron chi connectivity index (χ0n) is 12.8. The number of aryl methyl sites for hydroxylation is 1. The maximum Gasteiger partial charge on any atom is 0.234 e. The molecule has 1 rings (SSSR count). The first-order chi connectivity index (χ1) is 9.63. The third-order valence-electron chi connectivity index (χ3n) is 3.02. The Morgan fingerprint density at radius 2 is 2.10 bits per heavy atom. The van der Waals surface area contributed by atoms with Crippen LogP contribution in [0.5, 0.6) is 5.75 Å². The summed E-state index contributed by atoms with van der Waals surface area (Å²) in [6, 6.07) is 8.01. The minimum atomic E-state index is 0.0918. The van der Waals surface area contributed by atoms with E-state index in [0.29, 0.717) is 13.2 Å². The van der Waals surface area contributed by atoms with E-state index in [-0.39, 0.29) is 5.91 Å². The molecule has 1 N–H and O–H groups in total. The number of hydrogen-bond acceptors (Lipinski definition) is 3. The predicted molar refractivity (Wildman–Crippen MR) is 82.1 cm³/mol. The van der Waals surface area contributed by atoms with Crippen molar-refractivity contribution in [2.45, 2.75) is 26.7 Å². The Hall–Kier alpha value is -1.55. The number of carbonyl (C=O) groups is 1. The molecule has 0 fully saturated rings. The van der Waals surface area contributed by atoms with Gasteiger partial charge in [-0.2, -0.15) is 0 Å². The van der Waals surface area contributed by atoms with Gasteiger partial charge < -0.3 is 10.1 Å². The van der Waals surface area contributed by atoms with E-state index in [0.717, 1.165) is 37.2 Å². The average Bonchev–Trinajstić information content (AvgIpc) is 2.43. The Labute approximate surface area is 122 Å². The summed E-state index contributed by atoms with van der Waals surface area (Å²) in [6.45, 7) is 6.82. The van der Waals surface area contributed by atoms with E-state index in [9.17, 15) is 4.79 Å². The van der Waals surface area contributed by atoms with Gasteiger partial charge in [0, 0.05) is 13.1 Å². The summed E-state index contributed by atoms with van der Waals surface area (Å²) >= 11 is 0. The summed E-state index contributed by atoms with van der Waals surface area (Å²) < 4.78 is 5.73. The lowest BCUT2D eigenvalue weighted by Gasteiger charge is -2.16. The third kappa shape index (κ3) is 6.57. The lowest BCUT2D eigenvalue weighted by atomic mass is 10.2. The number of amides is 1. The molecule has 0 heterocycles. The van der Waals surface area contributed by atoms with Gasteiger partial charge in [-0.1, -0.05) is 25.1 Å². The van der Waals surface area contributed by atoms with Crippen molar-refractivity contribution in [1.82, 2.24) is 10.2 Å². The highest BCUT2D eigenvalue weighted by Crippen LogP contribution is 2.16. The van der Waals surface area contributed by atoms with Crippen molar-refractivity contribution in [2.24, 2.45) is 0 Å². The monoisotopic (exact) mass is 278 g/mol. The van der Waals surface area contributed by atoms with Crippen LogP contribution in [-0.4, -0.2) is 44.1 Å². The smallest absolute Gasteiger partial charge is 0.234 e. The van der Waals surface area contributed by atoms with E-state index in [1.165, 1.54) is 0 Å². The number of nitrogens with one attached hydrogen (secondary N) is 1. The highest BCUT2D eigenvalue weighted by Gasteiger charge is 2.05. The number of nitrogens with zero attached hydrogens (tertiary/aromatic N) is 1. The van der Waals surface area contributed by atoms with Gasteiger partial charge in [0.2, 0.25) is 5.91 Å². The Balaban J connectivity index is 2.14. The van der Waals surface area contributed by atoms with E-state index >= 15 is 0 Å².